The summed E-state index contributed by atoms with van der Waals surface area (Å²) in [5.41, 5.74) is 2.94. The van der Waals surface area contributed by atoms with Crippen molar-refractivity contribution < 1.29 is 26.3 Å². The molecule has 0 saturated carbocycles. The minimum absolute atomic E-state index is 0.189. The lowest BCUT2D eigenvalue weighted by Crippen LogP contribution is -2.36. The zero-order valence-corrected chi connectivity index (χ0v) is 25.2. The van der Waals surface area contributed by atoms with Gasteiger partial charge in [-0.3, -0.25) is 4.55 Å². The first-order valence-corrected chi connectivity index (χ1v) is 17.1. The van der Waals surface area contributed by atoms with Crippen LogP contribution >= 0.6 is 46.3 Å². The Labute approximate surface area is 243 Å². The van der Waals surface area contributed by atoms with Gasteiger partial charge in [-0.05, 0) is 54.8 Å². The number of benzene rings is 2. The maximum atomic E-state index is 11.3. The van der Waals surface area contributed by atoms with E-state index in [1.165, 1.54) is 0 Å². The fraction of sp³-hybridized carbons (Fsp3) is 0.320. The van der Waals surface area contributed by atoms with E-state index in [1.54, 1.807) is 23.1 Å². The summed E-state index contributed by atoms with van der Waals surface area (Å²) in [6.07, 6.45) is 5.76. The molecule has 1 aliphatic heterocycles. The highest BCUT2D eigenvalue weighted by Gasteiger charge is 2.26. The molecule has 0 fully saturated rings. The van der Waals surface area contributed by atoms with Crippen LogP contribution in [0, 0.1) is 0 Å². The summed E-state index contributed by atoms with van der Waals surface area (Å²) in [4.78, 5) is 3.20. The van der Waals surface area contributed by atoms with Gasteiger partial charge in [0.1, 0.15) is 4.70 Å². The van der Waals surface area contributed by atoms with Gasteiger partial charge in [0.15, 0.2) is 17.6 Å². The van der Waals surface area contributed by atoms with Gasteiger partial charge in [0.2, 0.25) is 5.52 Å². The molecule has 38 heavy (non-hydrogen) atoms. The zero-order valence-electron chi connectivity index (χ0n) is 20.5. The van der Waals surface area contributed by atoms with E-state index in [9.17, 15) is 21.7 Å². The molecule has 0 amide bonds. The number of hydrogen-bond donors (Lipinski definition) is 2. The van der Waals surface area contributed by atoms with Crippen molar-refractivity contribution in [1.82, 2.24) is 0 Å². The third-order valence-corrected chi connectivity index (χ3v) is 10.0. The number of anilines is 1. The van der Waals surface area contributed by atoms with Gasteiger partial charge < -0.3 is 9.45 Å². The lowest BCUT2D eigenvalue weighted by Gasteiger charge is -2.20. The molecular weight excluding hydrogens is 607 g/mol. The van der Waals surface area contributed by atoms with Crippen LogP contribution in [-0.2, 0) is 27.7 Å². The molecule has 7 nitrogen and oxygen atoms in total. The second-order valence-electron chi connectivity index (χ2n) is 8.64. The van der Waals surface area contributed by atoms with Gasteiger partial charge in [-0.15, -0.1) is 0 Å². The molecule has 4 rings (SSSR count). The summed E-state index contributed by atoms with van der Waals surface area (Å²) < 4.78 is 55.3. The molecule has 1 atom stereocenters. The molecule has 1 aromatic heterocycles. The minimum Gasteiger partial charge on any atom is -0.335 e. The minimum atomic E-state index is -4.06. The highest BCUT2D eigenvalue weighted by molar-refractivity contribution is 8.03. The third-order valence-electron chi connectivity index (χ3n) is 5.90. The van der Waals surface area contributed by atoms with E-state index in [-0.39, 0.29) is 17.9 Å². The first kappa shape index (κ1) is 29.5. The first-order chi connectivity index (χ1) is 18.0. The molecule has 204 valence electrons. The van der Waals surface area contributed by atoms with Gasteiger partial charge in [-0.25, -0.2) is 4.21 Å². The summed E-state index contributed by atoms with van der Waals surface area (Å²) in [5, 5.41) is 3.16. The molecule has 2 heterocycles. The van der Waals surface area contributed by atoms with Crippen LogP contribution in [0.2, 0.25) is 10.0 Å². The SMILES string of the molecule is CCC(=Cc1sc2ccc(Cl)cc2[n+]1CCCS(=O)(=O)O)C=C1Sc2ccc(Cl)cc2N1CCCS(=O)O. The summed E-state index contributed by atoms with van der Waals surface area (Å²) in [5.74, 6) is -0.133. The number of aromatic nitrogens is 1. The molecule has 13 heteroatoms. The number of allylic oxidation sites excluding steroid dienone is 2. The second kappa shape index (κ2) is 12.8. The Hall–Kier alpha value is -1.44. The monoisotopic (exact) mass is 633 g/mol. The summed E-state index contributed by atoms with van der Waals surface area (Å²) in [6.45, 7) is 3.05. The van der Waals surface area contributed by atoms with E-state index in [0.29, 0.717) is 29.6 Å². The van der Waals surface area contributed by atoms with Gasteiger partial charge in [-0.1, -0.05) is 53.2 Å². The van der Waals surface area contributed by atoms with Gasteiger partial charge in [-0.2, -0.15) is 13.0 Å². The molecular formula is C25H27Cl2N2O5S4+. The molecule has 0 spiro atoms. The van der Waals surface area contributed by atoms with Crippen molar-refractivity contribution in [1.29, 1.82) is 0 Å². The van der Waals surface area contributed by atoms with Crippen molar-refractivity contribution in [3.8, 4) is 0 Å². The number of hydrogen-bond acceptors (Lipinski definition) is 6. The number of nitrogens with zero attached hydrogens (tertiary/aromatic N) is 2. The zero-order chi connectivity index (χ0) is 27.4. The number of thioether (sulfide) groups is 1. The van der Waals surface area contributed by atoms with Crippen molar-refractivity contribution >= 4 is 89.5 Å². The lowest BCUT2D eigenvalue weighted by molar-refractivity contribution is -0.668. The average molecular weight is 635 g/mol. The Morgan fingerprint density at radius 2 is 1.89 bits per heavy atom. The average Bonchev–Trinajstić information content (AvgIpc) is 3.34. The largest absolute Gasteiger partial charge is 0.335 e. The number of aryl methyl sites for hydroxylation is 1. The highest BCUT2D eigenvalue weighted by Crippen LogP contribution is 2.47. The number of thiazole rings is 1. The van der Waals surface area contributed by atoms with E-state index in [4.69, 9.17) is 23.2 Å². The first-order valence-electron chi connectivity index (χ1n) is 11.9. The van der Waals surface area contributed by atoms with E-state index in [1.807, 2.05) is 41.0 Å². The summed E-state index contributed by atoms with van der Waals surface area (Å²) >= 11 is 13.9. The molecule has 1 aliphatic rings. The van der Waals surface area contributed by atoms with Gasteiger partial charge >= 0.3 is 0 Å². The molecule has 3 aromatic rings. The maximum Gasteiger partial charge on any atom is 0.265 e. The summed E-state index contributed by atoms with van der Waals surface area (Å²) in [7, 11) is -4.06. The van der Waals surface area contributed by atoms with Crippen LogP contribution in [-0.4, -0.2) is 39.8 Å². The van der Waals surface area contributed by atoms with Gasteiger partial charge in [0, 0.05) is 40.0 Å². The standard InChI is InChI=1S/C25H26Cl2N2O5S4/c1-2-17(13-24-28(9-3-11-37(30)31)20-15-18(26)5-7-22(20)35-24)14-25-29(10-4-12-38(32,33)34)21-16-19(27)6-8-23(21)36-25/h5-8,13-16H,2-4,9-12H2,1H3,(H-,30,31,32,33,34)/p+1. The number of fused-ring (bicyclic) bond motifs is 2. The molecule has 2 N–H and O–H groups in total. The predicted molar refractivity (Wildman–Crippen MR) is 159 cm³/mol. The van der Waals surface area contributed by atoms with Crippen molar-refractivity contribution in [3.05, 3.63) is 68.1 Å². The Morgan fingerprint density at radius 3 is 2.61 bits per heavy atom. The van der Waals surface area contributed by atoms with Gasteiger partial charge in [0.05, 0.1) is 22.2 Å². The van der Waals surface area contributed by atoms with Crippen LogP contribution in [0.3, 0.4) is 0 Å². The molecule has 0 saturated heterocycles. The number of halogens is 2. The highest BCUT2D eigenvalue weighted by atomic mass is 35.5. The van der Waals surface area contributed by atoms with Crippen molar-refractivity contribution in [3.63, 3.8) is 0 Å². The van der Waals surface area contributed by atoms with Crippen molar-refractivity contribution in [2.45, 2.75) is 37.6 Å². The molecule has 0 radical (unpaired) electrons. The molecule has 0 aliphatic carbocycles. The molecule has 0 bridgehead atoms. The van der Waals surface area contributed by atoms with E-state index in [2.05, 4.69) is 24.0 Å². The smallest absolute Gasteiger partial charge is 0.265 e. The van der Waals surface area contributed by atoms with Crippen molar-refractivity contribution in [2.75, 3.05) is 23.0 Å². The second-order valence-corrected chi connectivity index (χ2v) is 14.3. The van der Waals surface area contributed by atoms with Crippen LogP contribution in [0.15, 0.2) is 58.0 Å². The van der Waals surface area contributed by atoms with Crippen LogP contribution in [0.25, 0.3) is 16.3 Å². The third kappa shape index (κ3) is 7.60. The maximum absolute atomic E-state index is 11.3. The quantitative estimate of drug-likeness (QED) is 0.139. The Balaban J connectivity index is 1.71. The predicted octanol–water partition coefficient (Wildman–Crippen LogP) is 6.63. The Bertz CT molecular complexity index is 1540. The topological polar surface area (TPSA) is 98.8 Å². The van der Waals surface area contributed by atoms with Gasteiger partial charge in [0.25, 0.3) is 15.1 Å². The Kier molecular flexibility index (Phi) is 9.97. The fourth-order valence-electron chi connectivity index (χ4n) is 4.14. The number of rotatable bonds is 11. The van der Waals surface area contributed by atoms with E-state index in [0.717, 1.165) is 42.8 Å². The van der Waals surface area contributed by atoms with Crippen LogP contribution < -0.4 is 9.47 Å². The molecule has 1 unspecified atom stereocenters. The Morgan fingerprint density at radius 1 is 1.16 bits per heavy atom. The van der Waals surface area contributed by atoms with E-state index >= 15 is 0 Å². The van der Waals surface area contributed by atoms with E-state index < -0.39 is 21.2 Å². The fourth-order valence-corrected chi connectivity index (χ4v) is 7.63. The van der Waals surface area contributed by atoms with Crippen LogP contribution in [0.5, 0.6) is 0 Å². The van der Waals surface area contributed by atoms with Crippen LogP contribution in [0.1, 0.15) is 31.2 Å². The normalized spacial score (nSPS) is 16.0. The lowest BCUT2D eigenvalue weighted by atomic mass is 10.2. The summed E-state index contributed by atoms with van der Waals surface area (Å²) in [6, 6.07) is 11.4. The van der Waals surface area contributed by atoms with Crippen LogP contribution in [0.4, 0.5) is 5.69 Å². The van der Waals surface area contributed by atoms with Crippen molar-refractivity contribution in [2.24, 2.45) is 0 Å². The molecule has 2 aromatic carbocycles.